The number of hydrogen-bond donors (Lipinski definition) is 2. The third-order valence-corrected chi connectivity index (χ3v) is 7.36. The Labute approximate surface area is 136 Å². The maximum atomic E-state index is 12.9. The van der Waals surface area contributed by atoms with Crippen LogP contribution in [-0.4, -0.2) is 40.9 Å². The van der Waals surface area contributed by atoms with Gasteiger partial charge in [-0.15, -0.1) is 0 Å². The van der Waals surface area contributed by atoms with Gasteiger partial charge in [-0.1, -0.05) is 18.2 Å². The molecule has 4 N–H and O–H groups in total. The Morgan fingerprint density at radius 3 is 2.13 bits per heavy atom. The monoisotopic (exact) mass is 357 g/mol. The van der Waals surface area contributed by atoms with Gasteiger partial charge < -0.3 is 11.5 Å². The highest BCUT2D eigenvalue weighted by molar-refractivity contribution is 7.98. The molecule has 0 spiro atoms. The van der Waals surface area contributed by atoms with Gasteiger partial charge in [0.05, 0.1) is 20.4 Å². The second-order valence-electron chi connectivity index (χ2n) is 5.51. The summed E-state index contributed by atoms with van der Waals surface area (Å²) in [7, 11) is -5.33. The Morgan fingerprint density at radius 1 is 1.04 bits per heavy atom. The first-order valence-corrected chi connectivity index (χ1v) is 9.64. The number of benzene rings is 1. The second kappa shape index (κ2) is 5.84. The zero-order valence-corrected chi connectivity index (χ0v) is 14.4. The van der Waals surface area contributed by atoms with Crippen molar-refractivity contribution >= 4 is 19.9 Å². The minimum absolute atomic E-state index is 0.00689. The standard InChI is InChI=1S/C14H19N3O4S2/c1-17(2)23(20,21)12-8-9-14(15,16)10-13(12)22(18,19)11-6-4-3-5-7-11/h3-9H,10,15-16H2,1-2H3. The van der Waals surface area contributed by atoms with Gasteiger partial charge in [0, 0.05) is 20.5 Å². The molecule has 9 heteroatoms. The number of hydrogen-bond acceptors (Lipinski definition) is 6. The average molecular weight is 357 g/mol. The molecule has 0 heterocycles. The fraction of sp³-hybridized carbons (Fsp3) is 0.286. The smallest absolute Gasteiger partial charge is 0.243 e. The van der Waals surface area contributed by atoms with Crippen molar-refractivity contribution < 1.29 is 16.8 Å². The van der Waals surface area contributed by atoms with Crippen LogP contribution in [0.15, 0.2) is 57.2 Å². The van der Waals surface area contributed by atoms with Gasteiger partial charge in [0.1, 0.15) is 0 Å². The van der Waals surface area contributed by atoms with Crippen LogP contribution in [0.4, 0.5) is 0 Å². The molecular formula is C14H19N3O4S2. The molecule has 1 aliphatic rings. The fourth-order valence-corrected chi connectivity index (χ4v) is 5.36. The lowest BCUT2D eigenvalue weighted by atomic mass is 10.0. The van der Waals surface area contributed by atoms with Gasteiger partial charge in [-0.05, 0) is 24.3 Å². The molecule has 1 aliphatic carbocycles. The lowest BCUT2D eigenvalue weighted by Gasteiger charge is -2.28. The summed E-state index contributed by atoms with van der Waals surface area (Å²) in [5.41, 5.74) is 10.2. The highest BCUT2D eigenvalue weighted by atomic mass is 32.2. The van der Waals surface area contributed by atoms with Gasteiger partial charge in [0.25, 0.3) is 0 Å². The quantitative estimate of drug-likeness (QED) is 0.739. The normalized spacial score (nSPS) is 18.5. The SMILES string of the molecule is CN(C)S(=O)(=O)C1=C(S(=O)(=O)c2ccccc2)CC(N)(N)C=C1. The Bertz CT molecular complexity index is 868. The molecule has 126 valence electrons. The number of nitrogens with zero attached hydrogens (tertiary/aromatic N) is 1. The van der Waals surface area contributed by atoms with Crippen molar-refractivity contribution in [3.63, 3.8) is 0 Å². The topological polar surface area (TPSA) is 124 Å². The predicted octanol–water partition coefficient (Wildman–Crippen LogP) is 0.137. The summed E-state index contributed by atoms with van der Waals surface area (Å²) < 4.78 is 51.6. The van der Waals surface area contributed by atoms with E-state index in [1.807, 2.05) is 0 Å². The minimum atomic E-state index is -4.04. The minimum Gasteiger partial charge on any atom is -0.310 e. The lowest BCUT2D eigenvalue weighted by Crippen LogP contribution is -2.49. The molecule has 0 atom stereocenters. The maximum absolute atomic E-state index is 12.9. The van der Waals surface area contributed by atoms with Crippen LogP contribution in [0.25, 0.3) is 0 Å². The van der Waals surface area contributed by atoms with Crippen molar-refractivity contribution in [2.24, 2.45) is 11.5 Å². The molecule has 0 fully saturated rings. The van der Waals surface area contributed by atoms with Crippen LogP contribution >= 0.6 is 0 Å². The molecule has 7 nitrogen and oxygen atoms in total. The predicted molar refractivity (Wildman–Crippen MR) is 88.1 cm³/mol. The molecule has 1 aromatic carbocycles. The van der Waals surface area contributed by atoms with Gasteiger partial charge >= 0.3 is 0 Å². The van der Waals surface area contributed by atoms with E-state index < -0.39 is 25.5 Å². The Hall–Kier alpha value is -1.52. The van der Waals surface area contributed by atoms with E-state index in [1.165, 1.54) is 32.3 Å². The first kappa shape index (κ1) is 17.8. The highest BCUT2D eigenvalue weighted by Gasteiger charge is 2.37. The van der Waals surface area contributed by atoms with E-state index in [1.54, 1.807) is 18.2 Å². The molecule has 0 aromatic heterocycles. The van der Waals surface area contributed by atoms with E-state index in [-0.39, 0.29) is 21.1 Å². The summed E-state index contributed by atoms with van der Waals surface area (Å²) in [5, 5.41) is 0. The van der Waals surface area contributed by atoms with Crippen LogP contribution in [0.2, 0.25) is 0 Å². The lowest BCUT2D eigenvalue weighted by molar-refractivity contribution is 0.520. The zero-order valence-electron chi connectivity index (χ0n) is 12.8. The van der Waals surface area contributed by atoms with Crippen molar-refractivity contribution in [1.82, 2.24) is 4.31 Å². The van der Waals surface area contributed by atoms with E-state index in [9.17, 15) is 16.8 Å². The van der Waals surface area contributed by atoms with E-state index in [0.717, 1.165) is 10.4 Å². The summed E-state index contributed by atoms with van der Waals surface area (Å²) in [6.07, 6.45) is 2.16. The molecule has 0 amide bonds. The molecule has 0 saturated heterocycles. The molecule has 0 aliphatic heterocycles. The van der Waals surface area contributed by atoms with E-state index >= 15 is 0 Å². The third-order valence-electron chi connectivity index (χ3n) is 3.42. The summed E-state index contributed by atoms with van der Waals surface area (Å²) in [4.78, 5) is -0.615. The summed E-state index contributed by atoms with van der Waals surface area (Å²) in [6, 6.07) is 7.58. The third kappa shape index (κ3) is 3.38. The summed E-state index contributed by atoms with van der Waals surface area (Å²) in [6.45, 7) is 0. The van der Waals surface area contributed by atoms with Gasteiger partial charge in [-0.3, -0.25) is 0 Å². The maximum Gasteiger partial charge on any atom is 0.243 e. The van der Waals surface area contributed by atoms with Crippen LogP contribution in [0, 0.1) is 0 Å². The van der Waals surface area contributed by atoms with Crippen molar-refractivity contribution in [1.29, 1.82) is 0 Å². The largest absolute Gasteiger partial charge is 0.310 e. The number of rotatable bonds is 4. The van der Waals surface area contributed by atoms with Crippen LogP contribution in [0.5, 0.6) is 0 Å². The number of allylic oxidation sites excluding steroid dienone is 1. The van der Waals surface area contributed by atoms with Crippen molar-refractivity contribution in [2.45, 2.75) is 17.0 Å². The number of nitrogens with two attached hydrogens (primary N) is 2. The van der Waals surface area contributed by atoms with Crippen molar-refractivity contribution in [2.75, 3.05) is 14.1 Å². The molecule has 0 saturated carbocycles. The fourth-order valence-electron chi connectivity index (χ4n) is 2.14. The van der Waals surface area contributed by atoms with Gasteiger partial charge in [0.15, 0.2) is 0 Å². The molecule has 0 bridgehead atoms. The van der Waals surface area contributed by atoms with Gasteiger partial charge in [-0.25, -0.2) is 21.1 Å². The first-order chi connectivity index (χ1) is 10.5. The molecule has 0 unspecified atom stereocenters. The first-order valence-electron chi connectivity index (χ1n) is 6.71. The summed E-state index contributed by atoms with van der Waals surface area (Å²) >= 11 is 0. The van der Waals surface area contributed by atoms with E-state index in [4.69, 9.17) is 11.5 Å². The van der Waals surface area contributed by atoms with E-state index in [2.05, 4.69) is 0 Å². The zero-order chi connectivity index (χ0) is 17.5. The van der Waals surface area contributed by atoms with Crippen LogP contribution in [0.1, 0.15) is 6.42 Å². The van der Waals surface area contributed by atoms with Crippen LogP contribution in [-0.2, 0) is 19.9 Å². The average Bonchev–Trinajstić information content (AvgIpc) is 2.46. The number of sulfone groups is 1. The van der Waals surface area contributed by atoms with Gasteiger partial charge in [0.2, 0.25) is 19.9 Å². The Morgan fingerprint density at radius 2 is 1.61 bits per heavy atom. The Balaban J connectivity index is 2.76. The summed E-state index contributed by atoms with van der Waals surface area (Å²) in [5.74, 6) is 0. The molecular weight excluding hydrogens is 338 g/mol. The molecule has 23 heavy (non-hydrogen) atoms. The molecule has 2 rings (SSSR count). The molecule has 1 aromatic rings. The van der Waals surface area contributed by atoms with Crippen molar-refractivity contribution in [3.8, 4) is 0 Å². The van der Waals surface area contributed by atoms with Crippen molar-refractivity contribution in [3.05, 3.63) is 52.3 Å². The highest BCUT2D eigenvalue weighted by Crippen LogP contribution is 2.34. The van der Waals surface area contributed by atoms with Crippen LogP contribution in [0.3, 0.4) is 0 Å². The molecule has 0 radical (unpaired) electrons. The second-order valence-corrected chi connectivity index (χ2v) is 9.61. The van der Waals surface area contributed by atoms with Crippen LogP contribution < -0.4 is 11.5 Å². The van der Waals surface area contributed by atoms with E-state index in [0.29, 0.717) is 0 Å². The Kier molecular flexibility index (Phi) is 4.53. The number of sulfonamides is 1. The van der Waals surface area contributed by atoms with Gasteiger partial charge in [-0.2, -0.15) is 0 Å².